The summed E-state index contributed by atoms with van der Waals surface area (Å²) < 4.78 is 18.4. The van der Waals surface area contributed by atoms with Gasteiger partial charge in [-0.1, -0.05) is 30.3 Å². The third-order valence-corrected chi connectivity index (χ3v) is 13.3. The summed E-state index contributed by atoms with van der Waals surface area (Å²) in [5, 5.41) is 11.6. The van der Waals surface area contributed by atoms with Crippen LogP contribution in [-0.2, 0) is 21.4 Å². The summed E-state index contributed by atoms with van der Waals surface area (Å²) in [6.45, 7) is 4.82. The number of rotatable bonds is 9. The number of hydrogen-bond donors (Lipinski definition) is 2. The molecule has 3 aliphatic heterocycles. The summed E-state index contributed by atoms with van der Waals surface area (Å²) in [6, 6.07) is 18.7. The number of imide groups is 1. The van der Waals surface area contributed by atoms with Gasteiger partial charge in [-0.25, -0.2) is 14.4 Å². The minimum Gasteiger partial charge on any atom is -0.351 e. The van der Waals surface area contributed by atoms with Crippen molar-refractivity contribution in [2.75, 3.05) is 38.0 Å². The van der Waals surface area contributed by atoms with E-state index in [4.69, 9.17) is 5.10 Å². The normalized spacial score (nSPS) is 22.2. The van der Waals surface area contributed by atoms with Gasteiger partial charge in [0.1, 0.15) is 5.69 Å². The van der Waals surface area contributed by atoms with Crippen LogP contribution in [0.2, 0.25) is 0 Å². The highest BCUT2D eigenvalue weighted by Gasteiger charge is 2.34. The zero-order valence-electron chi connectivity index (χ0n) is 34.1. The Morgan fingerprint density at radius 2 is 1.68 bits per heavy atom. The van der Waals surface area contributed by atoms with Crippen LogP contribution in [-0.4, -0.2) is 90.6 Å². The molecule has 3 aromatic heterocycles. The Bertz CT molecular complexity index is 2460. The van der Waals surface area contributed by atoms with Gasteiger partial charge in [0, 0.05) is 74.0 Å². The molecule has 0 spiro atoms. The number of benzene rings is 2. The second-order valence-electron chi connectivity index (χ2n) is 17.2. The second-order valence-corrected chi connectivity index (χ2v) is 17.2. The first kappa shape index (κ1) is 39.7. The van der Waals surface area contributed by atoms with Crippen molar-refractivity contribution in [3.8, 4) is 16.9 Å². The third kappa shape index (κ3) is 8.34. The smallest absolute Gasteiger partial charge is 0.255 e. The Balaban J connectivity index is 0.721. The first-order valence-electron chi connectivity index (χ1n) is 21.6. The number of piperidine rings is 3. The molecular formula is C46H52FN9O4. The Labute approximate surface area is 348 Å². The SMILES string of the molecule is Cn1nc([C@@H]2CCC(=O)NC2=O)c2ccc(C3CCN(CC4CCN(C(=O)[C@H]5CC[C@H](Nc6ncc(F)c(-c7cccc(-n8ccccc8=O)c7)n6)CC5)CC4)CC3)cc21. The number of pyridine rings is 1. The van der Waals surface area contributed by atoms with Crippen molar-refractivity contribution >= 4 is 34.6 Å². The van der Waals surface area contributed by atoms with E-state index < -0.39 is 11.7 Å². The van der Waals surface area contributed by atoms with Gasteiger partial charge in [-0.15, -0.1) is 0 Å². The van der Waals surface area contributed by atoms with Crippen LogP contribution in [0, 0.1) is 17.7 Å². The van der Waals surface area contributed by atoms with E-state index in [0.29, 0.717) is 41.9 Å². The van der Waals surface area contributed by atoms with E-state index in [-0.39, 0.29) is 40.9 Å². The van der Waals surface area contributed by atoms with Crippen LogP contribution >= 0.6 is 0 Å². The monoisotopic (exact) mass is 813 g/mol. The van der Waals surface area contributed by atoms with Crippen molar-refractivity contribution in [3.63, 3.8) is 0 Å². The highest BCUT2D eigenvalue weighted by molar-refractivity contribution is 6.02. The fraction of sp³-hybridized carbons (Fsp3) is 0.457. The van der Waals surface area contributed by atoms with Crippen LogP contribution in [0.3, 0.4) is 0 Å². The van der Waals surface area contributed by atoms with E-state index in [0.717, 1.165) is 101 Å². The quantitative estimate of drug-likeness (QED) is 0.173. The van der Waals surface area contributed by atoms with Crippen LogP contribution in [0.1, 0.15) is 87.3 Å². The van der Waals surface area contributed by atoms with Gasteiger partial charge in [-0.3, -0.25) is 33.7 Å². The molecule has 1 atom stereocenters. The molecule has 4 fully saturated rings. The highest BCUT2D eigenvalue weighted by atomic mass is 19.1. The lowest BCUT2D eigenvalue weighted by atomic mass is 9.84. The van der Waals surface area contributed by atoms with Gasteiger partial charge in [0.05, 0.1) is 23.3 Å². The van der Waals surface area contributed by atoms with Crippen LogP contribution in [0.5, 0.6) is 0 Å². The largest absolute Gasteiger partial charge is 0.351 e. The number of carbonyl (C=O) groups is 3. The molecule has 0 unspecified atom stereocenters. The number of aromatic nitrogens is 5. The topological polar surface area (TPSA) is 147 Å². The lowest BCUT2D eigenvalue weighted by molar-refractivity contribution is -0.138. The molecule has 5 aromatic rings. The lowest BCUT2D eigenvalue weighted by Gasteiger charge is -2.39. The molecule has 3 saturated heterocycles. The number of carbonyl (C=O) groups excluding carboxylic acids is 3. The van der Waals surface area contributed by atoms with E-state index in [1.165, 1.54) is 22.4 Å². The fourth-order valence-electron chi connectivity index (χ4n) is 9.93. The Hall–Kier alpha value is -5.76. The zero-order valence-corrected chi connectivity index (χ0v) is 34.1. The number of aryl methyl sites for hydroxylation is 1. The standard InChI is InChI=1S/C46H52FN9O4/c1-53-39-26-32(10-13-36(39)43(52-53)37-14-15-40(57)50-44(37)59)30-18-21-54(22-19-30)28-29-16-23-55(24-17-29)45(60)31-8-11-34(12-9-31)49-46-48-27-38(47)42(51-46)33-5-4-6-35(25-33)56-20-3-2-7-41(56)58/h2-7,10,13,20,25-27,29-31,34,37H,8-9,11-12,14-19,21-24,28H2,1H3,(H,48,49,51)(H,50,57,59)/t31-,34-,37-/m0/s1. The van der Waals surface area contributed by atoms with Crippen molar-refractivity contribution in [3.05, 3.63) is 100 Å². The Morgan fingerprint density at radius 1 is 0.883 bits per heavy atom. The van der Waals surface area contributed by atoms with Gasteiger partial charge < -0.3 is 15.1 Å². The summed E-state index contributed by atoms with van der Waals surface area (Å²) in [6.07, 6.45) is 11.2. The summed E-state index contributed by atoms with van der Waals surface area (Å²) in [5.74, 6) is 0.296. The third-order valence-electron chi connectivity index (χ3n) is 13.3. The molecule has 0 bridgehead atoms. The van der Waals surface area contributed by atoms with E-state index >= 15 is 4.39 Å². The minimum absolute atomic E-state index is 0.0158. The molecule has 4 aliphatic rings. The minimum atomic E-state index is -0.540. The molecular weight excluding hydrogens is 762 g/mol. The molecule has 2 aromatic carbocycles. The van der Waals surface area contributed by atoms with Gasteiger partial charge in [0.15, 0.2) is 5.82 Å². The summed E-state index contributed by atoms with van der Waals surface area (Å²) >= 11 is 0. The summed E-state index contributed by atoms with van der Waals surface area (Å²) in [4.78, 5) is 63.8. The van der Waals surface area contributed by atoms with Gasteiger partial charge in [0.2, 0.25) is 23.7 Å². The van der Waals surface area contributed by atoms with Gasteiger partial charge >= 0.3 is 0 Å². The van der Waals surface area contributed by atoms with Gasteiger partial charge in [0.25, 0.3) is 5.56 Å². The summed E-state index contributed by atoms with van der Waals surface area (Å²) in [7, 11) is 1.93. The van der Waals surface area contributed by atoms with Gasteiger partial charge in [-0.2, -0.15) is 5.10 Å². The van der Waals surface area contributed by atoms with Crippen molar-refractivity contribution in [1.82, 2.24) is 39.4 Å². The summed E-state index contributed by atoms with van der Waals surface area (Å²) in [5.41, 5.74) is 4.26. The zero-order chi connectivity index (χ0) is 41.3. The Morgan fingerprint density at radius 3 is 2.45 bits per heavy atom. The van der Waals surface area contributed by atoms with E-state index in [2.05, 4.69) is 48.6 Å². The fourth-order valence-corrected chi connectivity index (χ4v) is 9.93. The molecule has 9 rings (SSSR count). The number of fused-ring (bicyclic) bond motifs is 1. The van der Waals surface area contributed by atoms with Crippen molar-refractivity contribution in [1.29, 1.82) is 0 Å². The maximum absolute atomic E-state index is 15.0. The Kier molecular flexibility index (Phi) is 11.3. The van der Waals surface area contributed by atoms with E-state index in [1.54, 1.807) is 42.6 Å². The number of nitrogens with zero attached hydrogens (tertiary/aromatic N) is 7. The first-order valence-corrected chi connectivity index (χ1v) is 21.6. The molecule has 60 heavy (non-hydrogen) atoms. The molecule has 1 saturated carbocycles. The predicted molar refractivity (Wildman–Crippen MR) is 226 cm³/mol. The van der Waals surface area contributed by atoms with E-state index in [1.807, 2.05) is 11.7 Å². The second kappa shape index (κ2) is 17.1. The van der Waals surface area contributed by atoms with Crippen LogP contribution in [0.4, 0.5) is 10.3 Å². The average molecular weight is 814 g/mol. The van der Waals surface area contributed by atoms with Crippen LogP contribution < -0.4 is 16.2 Å². The molecule has 14 heteroatoms. The maximum atomic E-state index is 15.0. The molecule has 6 heterocycles. The molecule has 2 N–H and O–H groups in total. The molecule has 13 nitrogen and oxygen atoms in total. The molecule has 1 aliphatic carbocycles. The number of halogens is 1. The van der Waals surface area contributed by atoms with Gasteiger partial charge in [-0.05, 0) is 113 Å². The number of likely N-dealkylation sites (tertiary alicyclic amines) is 2. The van der Waals surface area contributed by atoms with Crippen molar-refractivity contribution in [2.45, 2.75) is 82.1 Å². The van der Waals surface area contributed by atoms with Crippen LogP contribution in [0.25, 0.3) is 27.8 Å². The number of hydrogen-bond acceptors (Lipinski definition) is 9. The molecule has 0 radical (unpaired) electrons. The molecule has 3 amide bonds. The van der Waals surface area contributed by atoms with E-state index in [9.17, 15) is 19.2 Å². The predicted octanol–water partition coefficient (Wildman–Crippen LogP) is 5.93. The number of amides is 3. The number of nitrogens with one attached hydrogen (secondary N) is 2. The highest BCUT2D eigenvalue weighted by Crippen LogP contribution is 2.36. The van der Waals surface area contributed by atoms with Crippen molar-refractivity contribution < 1.29 is 18.8 Å². The average Bonchev–Trinajstić information content (AvgIpc) is 3.59. The molecule has 312 valence electrons. The van der Waals surface area contributed by atoms with Crippen LogP contribution in [0.15, 0.2) is 77.9 Å². The lowest BCUT2D eigenvalue weighted by Crippen LogP contribution is -2.45. The van der Waals surface area contributed by atoms with Crippen molar-refractivity contribution in [2.24, 2.45) is 18.9 Å². The number of anilines is 1. The maximum Gasteiger partial charge on any atom is 0.255 e. The first-order chi connectivity index (χ1) is 29.2.